The third kappa shape index (κ3) is 3.57. The molecule has 1 aliphatic heterocycles. The quantitative estimate of drug-likeness (QED) is 0.889. The maximum Gasteiger partial charge on any atom is 0.431 e. The first-order chi connectivity index (χ1) is 10.7. The fourth-order valence-electron chi connectivity index (χ4n) is 2.89. The molecule has 1 saturated heterocycles. The van der Waals surface area contributed by atoms with Gasteiger partial charge in [0.25, 0.3) is 11.5 Å². The summed E-state index contributed by atoms with van der Waals surface area (Å²) in [6.45, 7) is 2.55. The molecule has 1 aromatic rings. The first kappa shape index (κ1) is 17.5. The number of amides is 1. The SMILES string of the molecule is CC[C@@]1(CO)CCCN(C(=O)c2ccc(C(F)(F)F)[nH]c2=O)C1. The van der Waals surface area contributed by atoms with Crippen LogP contribution in [0.5, 0.6) is 0 Å². The number of aliphatic hydroxyl groups excluding tert-OH is 1. The zero-order chi connectivity index (χ0) is 17.3. The number of hydrogen-bond acceptors (Lipinski definition) is 3. The van der Waals surface area contributed by atoms with Gasteiger partial charge in [-0.05, 0) is 31.4 Å². The minimum absolute atomic E-state index is 0.0728. The lowest BCUT2D eigenvalue weighted by molar-refractivity contribution is -0.141. The molecule has 0 saturated carbocycles. The summed E-state index contributed by atoms with van der Waals surface area (Å²) in [7, 11) is 0. The second kappa shape index (κ2) is 6.35. The van der Waals surface area contributed by atoms with E-state index in [0.29, 0.717) is 32.0 Å². The molecular formula is C15H19F3N2O3. The fourth-order valence-corrected chi connectivity index (χ4v) is 2.89. The lowest BCUT2D eigenvalue weighted by Gasteiger charge is -2.41. The molecule has 1 fully saturated rings. The van der Waals surface area contributed by atoms with Crippen LogP contribution in [-0.4, -0.2) is 40.6 Å². The Balaban J connectivity index is 2.25. The van der Waals surface area contributed by atoms with E-state index in [2.05, 4.69) is 0 Å². The first-order valence-electron chi connectivity index (χ1n) is 7.43. The number of alkyl halides is 3. The molecule has 23 heavy (non-hydrogen) atoms. The van der Waals surface area contributed by atoms with Gasteiger partial charge in [-0.15, -0.1) is 0 Å². The number of piperidine rings is 1. The monoisotopic (exact) mass is 332 g/mol. The molecule has 0 unspecified atom stereocenters. The van der Waals surface area contributed by atoms with E-state index >= 15 is 0 Å². The standard InChI is InChI=1S/C15H19F3N2O3/c1-2-14(9-21)6-3-7-20(8-14)13(23)10-4-5-11(15(16,17)18)19-12(10)22/h4-5,21H,2-3,6-9H2,1H3,(H,19,22)/t14-/m1/s1. The topological polar surface area (TPSA) is 73.4 Å². The summed E-state index contributed by atoms with van der Waals surface area (Å²) in [5, 5.41) is 9.56. The first-order valence-corrected chi connectivity index (χ1v) is 7.43. The summed E-state index contributed by atoms with van der Waals surface area (Å²) in [4.78, 5) is 27.4. The molecule has 2 heterocycles. The smallest absolute Gasteiger partial charge is 0.396 e. The van der Waals surface area contributed by atoms with Gasteiger partial charge in [-0.3, -0.25) is 9.59 Å². The number of halogens is 3. The summed E-state index contributed by atoms with van der Waals surface area (Å²) >= 11 is 0. The van der Waals surface area contributed by atoms with Gasteiger partial charge in [0.05, 0.1) is 6.61 Å². The van der Waals surface area contributed by atoms with E-state index in [1.165, 1.54) is 4.90 Å². The highest BCUT2D eigenvalue weighted by Gasteiger charge is 2.37. The normalized spacial score (nSPS) is 22.2. The molecule has 1 aromatic heterocycles. The third-order valence-electron chi connectivity index (χ3n) is 4.48. The van der Waals surface area contributed by atoms with Crippen LogP contribution >= 0.6 is 0 Å². The Morgan fingerprint density at radius 3 is 2.65 bits per heavy atom. The third-order valence-corrected chi connectivity index (χ3v) is 4.48. The molecule has 0 spiro atoms. The molecule has 1 atom stereocenters. The van der Waals surface area contributed by atoms with Crippen molar-refractivity contribution in [2.45, 2.75) is 32.4 Å². The Labute approximate surface area is 131 Å². The average molecular weight is 332 g/mol. The zero-order valence-corrected chi connectivity index (χ0v) is 12.7. The highest BCUT2D eigenvalue weighted by molar-refractivity contribution is 5.94. The second-order valence-corrected chi connectivity index (χ2v) is 5.95. The summed E-state index contributed by atoms with van der Waals surface area (Å²) in [6, 6.07) is 1.60. The van der Waals surface area contributed by atoms with Gasteiger partial charge in [0.1, 0.15) is 11.3 Å². The summed E-state index contributed by atoms with van der Waals surface area (Å²) < 4.78 is 37.7. The largest absolute Gasteiger partial charge is 0.431 e. The maximum absolute atomic E-state index is 12.6. The van der Waals surface area contributed by atoms with Crippen LogP contribution in [-0.2, 0) is 6.18 Å². The highest BCUT2D eigenvalue weighted by atomic mass is 19.4. The van der Waals surface area contributed by atoms with E-state index in [1.54, 1.807) is 4.98 Å². The van der Waals surface area contributed by atoms with Crippen LogP contribution in [0.2, 0.25) is 0 Å². The number of pyridine rings is 1. The number of aliphatic hydroxyl groups is 1. The van der Waals surface area contributed by atoms with Crippen molar-refractivity contribution in [3.8, 4) is 0 Å². The van der Waals surface area contributed by atoms with Crippen molar-refractivity contribution in [1.29, 1.82) is 0 Å². The number of hydrogen-bond donors (Lipinski definition) is 2. The number of nitrogens with one attached hydrogen (secondary N) is 1. The molecule has 0 aromatic carbocycles. The van der Waals surface area contributed by atoms with Gasteiger partial charge >= 0.3 is 6.18 Å². The van der Waals surface area contributed by atoms with Crippen molar-refractivity contribution in [1.82, 2.24) is 9.88 Å². The Morgan fingerprint density at radius 1 is 1.43 bits per heavy atom. The number of aromatic amines is 1. The number of H-pyrrole nitrogens is 1. The molecule has 0 bridgehead atoms. The van der Waals surface area contributed by atoms with Crippen molar-refractivity contribution in [3.63, 3.8) is 0 Å². The minimum atomic E-state index is -4.67. The van der Waals surface area contributed by atoms with Crippen LogP contribution < -0.4 is 5.56 Å². The molecule has 1 aliphatic rings. The maximum atomic E-state index is 12.6. The van der Waals surface area contributed by atoms with E-state index in [4.69, 9.17) is 0 Å². The van der Waals surface area contributed by atoms with Crippen molar-refractivity contribution in [2.75, 3.05) is 19.7 Å². The molecule has 0 aliphatic carbocycles. The van der Waals surface area contributed by atoms with Gasteiger partial charge in [-0.25, -0.2) is 0 Å². The predicted octanol–water partition coefficient (Wildman–Crippen LogP) is 2.02. The minimum Gasteiger partial charge on any atom is -0.396 e. The van der Waals surface area contributed by atoms with Crippen LogP contribution in [0.1, 0.15) is 42.2 Å². The van der Waals surface area contributed by atoms with Crippen molar-refractivity contribution >= 4 is 5.91 Å². The van der Waals surface area contributed by atoms with Gasteiger partial charge < -0.3 is 15.0 Å². The molecule has 5 nitrogen and oxygen atoms in total. The van der Waals surface area contributed by atoms with E-state index in [0.717, 1.165) is 12.5 Å². The van der Waals surface area contributed by atoms with Gasteiger partial charge in [0.2, 0.25) is 0 Å². The average Bonchev–Trinajstić information content (AvgIpc) is 2.53. The molecule has 128 valence electrons. The molecular weight excluding hydrogens is 313 g/mol. The molecule has 1 amide bonds. The Morgan fingerprint density at radius 2 is 2.13 bits per heavy atom. The molecule has 2 N–H and O–H groups in total. The van der Waals surface area contributed by atoms with Crippen molar-refractivity contribution < 1.29 is 23.1 Å². The fraction of sp³-hybridized carbons (Fsp3) is 0.600. The lowest BCUT2D eigenvalue weighted by atomic mass is 9.78. The van der Waals surface area contributed by atoms with Crippen LogP contribution in [0, 0.1) is 5.41 Å². The van der Waals surface area contributed by atoms with Crippen LogP contribution in [0.15, 0.2) is 16.9 Å². The van der Waals surface area contributed by atoms with Crippen LogP contribution in [0.4, 0.5) is 13.2 Å². The van der Waals surface area contributed by atoms with Gasteiger partial charge in [0.15, 0.2) is 0 Å². The van der Waals surface area contributed by atoms with E-state index < -0.39 is 28.8 Å². The number of carbonyl (C=O) groups is 1. The number of rotatable bonds is 3. The summed E-state index contributed by atoms with van der Waals surface area (Å²) in [5.41, 5.74) is -2.97. The number of nitrogens with zero attached hydrogens (tertiary/aromatic N) is 1. The Hall–Kier alpha value is -1.83. The van der Waals surface area contributed by atoms with Crippen LogP contribution in [0.3, 0.4) is 0 Å². The zero-order valence-electron chi connectivity index (χ0n) is 12.7. The molecule has 2 rings (SSSR count). The van der Waals surface area contributed by atoms with Crippen LogP contribution in [0.25, 0.3) is 0 Å². The van der Waals surface area contributed by atoms with Crippen molar-refractivity contribution in [3.05, 3.63) is 33.7 Å². The van der Waals surface area contributed by atoms with Gasteiger partial charge in [-0.1, -0.05) is 6.92 Å². The number of likely N-dealkylation sites (tertiary alicyclic amines) is 1. The predicted molar refractivity (Wildman–Crippen MR) is 77.0 cm³/mol. The molecule has 8 heteroatoms. The highest BCUT2D eigenvalue weighted by Crippen LogP contribution is 2.33. The van der Waals surface area contributed by atoms with E-state index in [9.17, 15) is 27.9 Å². The van der Waals surface area contributed by atoms with Gasteiger partial charge in [0, 0.05) is 18.5 Å². The van der Waals surface area contributed by atoms with E-state index in [1.807, 2.05) is 6.92 Å². The summed E-state index contributed by atoms with van der Waals surface area (Å²) in [5.74, 6) is -0.606. The second-order valence-electron chi connectivity index (χ2n) is 5.95. The summed E-state index contributed by atoms with van der Waals surface area (Å²) in [6.07, 6.45) is -2.54. The number of carbonyl (C=O) groups excluding carboxylic acids is 1. The van der Waals surface area contributed by atoms with E-state index in [-0.39, 0.29) is 12.2 Å². The van der Waals surface area contributed by atoms with Crippen molar-refractivity contribution in [2.24, 2.45) is 5.41 Å². The Bertz CT molecular complexity index is 636. The lowest BCUT2D eigenvalue weighted by Crippen LogP contribution is -2.48. The molecule has 0 radical (unpaired) electrons. The number of aromatic nitrogens is 1. The Kier molecular flexibility index (Phi) is 4.84. The van der Waals surface area contributed by atoms with Gasteiger partial charge in [-0.2, -0.15) is 13.2 Å².